The monoisotopic (exact) mass is 284 g/mol. The molecular weight excluding hydrogens is 272 g/mol. The van der Waals surface area contributed by atoms with Gasteiger partial charge in [0.25, 0.3) is 5.91 Å². The maximum Gasteiger partial charge on any atom is 0.276 e. The summed E-state index contributed by atoms with van der Waals surface area (Å²) < 4.78 is 1.62. The molecular formula is C14H12N4OS. The number of hydrogen-bond donors (Lipinski definition) is 2. The molecule has 0 unspecified atom stereocenters. The lowest BCUT2D eigenvalue weighted by Gasteiger charge is -2.02. The summed E-state index contributed by atoms with van der Waals surface area (Å²) in [4.78, 5) is 12.0. The van der Waals surface area contributed by atoms with Crippen molar-refractivity contribution in [2.24, 2.45) is 0 Å². The van der Waals surface area contributed by atoms with Crippen LogP contribution in [0.25, 0.3) is 5.69 Å². The highest BCUT2D eigenvalue weighted by molar-refractivity contribution is 7.08. The molecule has 6 heteroatoms. The van der Waals surface area contributed by atoms with Gasteiger partial charge in [-0.1, -0.05) is 6.07 Å². The van der Waals surface area contributed by atoms with Crippen molar-refractivity contribution in [3.8, 4) is 5.69 Å². The highest BCUT2D eigenvalue weighted by Crippen LogP contribution is 2.14. The van der Waals surface area contributed by atoms with Crippen LogP contribution in [0, 0.1) is 0 Å². The molecule has 3 N–H and O–H groups in total. The fourth-order valence-corrected chi connectivity index (χ4v) is 2.37. The van der Waals surface area contributed by atoms with Crippen LogP contribution in [-0.4, -0.2) is 15.7 Å². The number of benzene rings is 1. The summed E-state index contributed by atoms with van der Waals surface area (Å²) in [5, 5.41) is 10.8. The van der Waals surface area contributed by atoms with Crippen LogP contribution in [0.2, 0.25) is 0 Å². The summed E-state index contributed by atoms with van der Waals surface area (Å²) in [6.07, 6.45) is 1.73. The molecule has 0 radical (unpaired) electrons. The van der Waals surface area contributed by atoms with Gasteiger partial charge in [0, 0.05) is 17.3 Å². The maximum absolute atomic E-state index is 12.0. The van der Waals surface area contributed by atoms with Crippen molar-refractivity contribution in [1.29, 1.82) is 0 Å². The van der Waals surface area contributed by atoms with Gasteiger partial charge in [0.05, 0.1) is 11.4 Å². The average Bonchev–Trinajstić information content (AvgIpc) is 3.09. The zero-order valence-electron chi connectivity index (χ0n) is 10.5. The summed E-state index contributed by atoms with van der Waals surface area (Å²) >= 11 is 1.53. The smallest absolute Gasteiger partial charge is 0.276 e. The lowest BCUT2D eigenvalue weighted by Crippen LogP contribution is -2.12. The number of carbonyl (C=O) groups is 1. The number of hydrogen-bond acceptors (Lipinski definition) is 4. The number of nitrogens with one attached hydrogen (secondary N) is 1. The van der Waals surface area contributed by atoms with Gasteiger partial charge in [-0.2, -0.15) is 16.4 Å². The summed E-state index contributed by atoms with van der Waals surface area (Å²) in [7, 11) is 0. The first-order valence-corrected chi connectivity index (χ1v) is 6.92. The minimum absolute atomic E-state index is 0.231. The van der Waals surface area contributed by atoms with Crippen LogP contribution in [-0.2, 0) is 0 Å². The number of carbonyl (C=O) groups excluding carboxylic acids is 1. The largest absolute Gasteiger partial charge is 0.399 e. The standard InChI is InChI=1S/C14H12N4OS/c15-10-2-1-3-12(8-10)18-6-4-13(17-18)14(19)16-11-5-7-20-9-11/h1-9H,15H2,(H,16,19). The SMILES string of the molecule is Nc1cccc(-n2ccc(C(=O)Nc3ccsc3)n2)c1. The first kappa shape index (κ1) is 12.4. The van der Waals surface area contributed by atoms with E-state index in [0.29, 0.717) is 11.4 Å². The number of amides is 1. The fourth-order valence-electron chi connectivity index (χ4n) is 1.79. The number of rotatable bonds is 3. The third kappa shape index (κ3) is 2.55. The molecule has 0 saturated carbocycles. The van der Waals surface area contributed by atoms with E-state index in [1.807, 2.05) is 29.0 Å². The zero-order chi connectivity index (χ0) is 13.9. The summed E-state index contributed by atoms with van der Waals surface area (Å²) in [5.74, 6) is -0.231. The van der Waals surface area contributed by atoms with Gasteiger partial charge in [-0.15, -0.1) is 0 Å². The van der Waals surface area contributed by atoms with E-state index >= 15 is 0 Å². The minimum atomic E-state index is -0.231. The Hall–Kier alpha value is -2.60. The molecule has 0 atom stereocenters. The molecule has 0 fully saturated rings. The van der Waals surface area contributed by atoms with Crippen LogP contribution >= 0.6 is 11.3 Å². The highest BCUT2D eigenvalue weighted by Gasteiger charge is 2.10. The number of nitrogens with zero attached hydrogens (tertiary/aromatic N) is 2. The Labute approximate surface area is 119 Å². The first-order valence-electron chi connectivity index (χ1n) is 5.97. The average molecular weight is 284 g/mol. The van der Waals surface area contributed by atoms with E-state index in [1.54, 1.807) is 29.1 Å². The van der Waals surface area contributed by atoms with Crippen molar-refractivity contribution in [2.45, 2.75) is 0 Å². The molecule has 3 rings (SSSR count). The number of nitrogens with two attached hydrogens (primary N) is 1. The Bertz CT molecular complexity index is 733. The van der Waals surface area contributed by atoms with Gasteiger partial charge in [-0.3, -0.25) is 4.79 Å². The maximum atomic E-state index is 12.0. The quantitative estimate of drug-likeness (QED) is 0.726. The van der Waals surface area contributed by atoms with E-state index < -0.39 is 0 Å². The van der Waals surface area contributed by atoms with Gasteiger partial charge in [-0.05, 0) is 35.7 Å². The number of aromatic nitrogens is 2. The van der Waals surface area contributed by atoms with Crippen molar-refractivity contribution in [3.63, 3.8) is 0 Å². The normalized spacial score (nSPS) is 10.4. The van der Waals surface area contributed by atoms with Gasteiger partial charge in [0.15, 0.2) is 5.69 Å². The van der Waals surface area contributed by atoms with Crippen molar-refractivity contribution in [2.75, 3.05) is 11.1 Å². The summed E-state index contributed by atoms with van der Waals surface area (Å²) in [6.45, 7) is 0. The van der Waals surface area contributed by atoms with E-state index in [9.17, 15) is 4.79 Å². The van der Waals surface area contributed by atoms with Gasteiger partial charge < -0.3 is 11.1 Å². The first-order chi connectivity index (χ1) is 9.72. The highest BCUT2D eigenvalue weighted by atomic mass is 32.1. The molecule has 100 valence electrons. The zero-order valence-corrected chi connectivity index (χ0v) is 11.3. The molecule has 5 nitrogen and oxygen atoms in total. The Morgan fingerprint density at radius 3 is 2.95 bits per heavy atom. The molecule has 0 spiro atoms. The van der Waals surface area contributed by atoms with Crippen LogP contribution in [0.4, 0.5) is 11.4 Å². The Balaban J connectivity index is 1.81. The van der Waals surface area contributed by atoms with Crippen molar-refractivity contribution in [1.82, 2.24) is 9.78 Å². The van der Waals surface area contributed by atoms with Crippen LogP contribution in [0.3, 0.4) is 0 Å². The molecule has 1 amide bonds. The molecule has 2 aromatic heterocycles. The molecule has 3 aromatic rings. The topological polar surface area (TPSA) is 72.9 Å². The minimum Gasteiger partial charge on any atom is -0.399 e. The van der Waals surface area contributed by atoms with E-state index in [-0.39, 0.29) is 5.91 Å². The molecule has 0 saturated heterocycles. The van der Waals surface area contributed by atoms with Gasteiger partial charge in [0.1, 0.15) is 0 Å². The van der Waals surface area contributed by atoms with Crippen LogP contribution < -0.4 is 11.1 Å². The Kier molecular flexibility index (Phi) is 3.22. The summed E-state index contributed by atoms with van der Waals surface area (Å²) in [5.41, 5.74) is 8.34. The number of anilines is 2. The van der Waals surface area contributed by atoms with E-state index in [4.69, 9.17) is 5.73 Å². The van der Waals surface area contributed by atoms with E-state index in [0.717, 1.165) is 11.4 Å². The van der Waals surface area contributed by atoms with Crippen molar-refractivity contribution >= 4 is 28.6 Å². The lowest BCUT2D eigenvalue weighted by molar-refractivity contribution is 0.102. The van der Waals surface area contributed by atoms with Gasteiger partial charge in [0.2, 0.25) is 0 Å². The van der Waals surface area contributed by atoms with Crippen molar-refractivity contribution < 1.29 is 4.79 Å². The van der Waals surface area contributed by atoms with Gasteiger partial charge >= 0.3 is 0 Å². The second-order valence-corrected chi connectivity index (χ2v) is 4.99. The number of thiophene rings is 1. The van der Waals surface area contributed by atoms with Crippen LogP contribution in [0.5, 0.6) is 0 Å². The van der Waals surface area contributed by atoms with Crippen molar-refractivity contribution in [3.05, 3.63) is 59.0 Å². The lowest BCUT2D eigenvalue weighted by atomic mass is 10.3. The van der Waals surface area contributed by atoms with Crippen LogP contribution in [0.1, 0.15) is 10.5 Å². The Morgan fingerprint density at radius 2 is 2.20 bits per heavy atom. The third-order valence-electron chi connectivity index (χ3n) is 2.74. The summed E-state index contributed by atoms with van der Waals surface area (Å²) in [6, 6.07) is 10.8. The van der Waals surface area contributed by atoms with Gasteiger partial charge in [-0.25, -0.2) is 4.68 Å². The second-order valence-electron chi connectivity index (χ2n) is 4.21. The molecule has 2 heterocycles. The second kappa shape index (κ2) is 5.18. The molecule has 0 aliphatic carbocycles. The van der Waals surface area contributed by atoms with E-state index in [2.05, 4.69) is 10.4 Å². The van der Waals surface area contributed by atoms with Crippen LogP contribution in [0.15, 0.2) is 53.4 Å². The predicted octanol–water partition coefficient (Wildman–Crippen LogP) is 2.77. The Morgan fingerprint density at radius 1 is 1.30 bits per heavy atom. The third-order valence-corrected chi connectivity index (χ3v) is 3.42. The predicted molar refractivity (Wildman–Crippen MR) is 80.2 cm³/mol. The number of nitrogen functional groups attached to an aromatic ring is 1. The molecule has 0 aliphatic heterocycles. The van der Waals surface area contributed by atoms with E-state index in [1.165, 1.54) is 11.3 Å². The molecule has 0 aliphatic rings. The fraction of sp³-hybridized carbons (Fsp3) is 0. The molecule has 1 aromatic carbocycles. The molecule has 20 heavy (non-hydrogen) atoms. The molecule has 0 bridgehead atoms.